The maximum atomic E-state index is 11.7. The molecule has 22 heavy (non-hydrogen) atoms. The number of hydrogen-bond acceptors (Lipinski definition) is 6. The molecule has 8 nitrogen and oxygen atoms in total. The highest BCUT2D eigenvalue weighted by molar-refractivity contribution is 5.83. The predicted molar refractivity (Wildman–Crippen MR) is 78.5 cm³/mol. The Kier molecular flexibility index (Phi) is 4.84. The van der Waals surface area contributed by atoms with Crippen LogP contribution in [0.3, 0.4) is 0 Å². The lowest BCUT2D eigenvalue weighted by atomic mass is 10.1. The highest BCUT2D eigenvalue weighted by Gasteiger charge is 2.33. The van der Waals surface area contributed by atoms with Gasteiger partial charge in [0, 0.05) is 17.2 Å². The largest absolute Gasteiger partial charge is 0.347 e. The standard InChI is InChI=1S/C14H17N3O5/c1-10-3-4-11(7-12(10)17(19)20)9-15-16-13(18)8-14(2)21-5-6-22-14/h3-4,7,9H,5-6,8H2,1-2H3,(H,16,18)/b15-9-. The van der Waals surface area contributed by atoms with E-state index in [1.165, 1.54) is 12.3 Å². The summed E-state index contributed by atoms with van der Waals surface area (Å²) in [6.45, 7) is 4.26. The Labute approximate surface area is 127 Å². The summed E-state index contributed by atoms with van der Waals surface area (Å²) in [6, 6.07) is 4.71. The molecule has 1 saturated heterocycles. The van der Waals surface area contributed by atoms with Crippen LogP contribution in [-0.2, 0) is 14.3 Å². The van der Waals surface area contributed by atoms with Crippen LogP contribution in [0.2, 0.25) is 0 Å². The van der Waals surface area contributed by atoms with Gasteiger partial charge in [0.2, 0.25) is 5.91 Å². The topological polar surface area (TPSA) is 103 Å². The lowest BCUT2D eigenvalue weighted by Gasteiger charge is -2.20. The second-order valence-corrected chi connectivity index (χ2v) is 5.10. The first-order valence-electron chi connectivity index (χ1n) is 6.74. The van der Waals surface area contributed by atoms with Crippen molar-refractivity contribution in [2.45, 2.75) is 26.1 Å². The predicted octanol–water partition coefficient (Wildman–Crippen LogP) is 1.51. The minimum atomic E-state index is -0.914. The van der Waals surface area contributed by atoms with Gasteiger partial charge in [0.05, 0.1) is 30.8 Å². The van der Waals surface area contributed by atoms with Crippen LogP contribution in [0.5, 0.6) is 0 Å². The molecule has 1 heterocycles. The Morgan fingerprint density at radius 1 is 1.50 bits per heavy atom. The molecular formula is C14H17N3O5. The number of nitrogens with zero attached hydrogens (tertiary/aromatic N) is 2. The van der Waals surface area contributed by atoms with Crippen LogP contribution in [0, 0.1) is 17.0 Å². The van der Waals surface area contributed by atoms with Crippen molar-refractivity contribution in [2.24, 2.45) is 5.10 Å². The second kappa shape index (κ2) is 6.63. The lowest BCUT2D eigenvalue weighted by molar-refractivity contribution is -0.385. The van der Waals surface area contributed by atoms with Gasteiger partial charge in [-0.05, 0) is 13.8 Å². The minimum absolute atomic E-state index is 0.00976. The molecule has 0 bridgehead atoms. The third-order valence-corrected chi connectivity index (χ3v) is 3.21. The molecule has 0 unspecified atom stereocenters. The maximum absolute atomic E-state index is 11.7. The molecule has 1 aromatic rings. The number of aryl methyl sites for hydroxylation is 1. The molecular weight excluding hydrogens is 290 g/mol. The Morgan fingerprint density at radius 3 is 2.82 bits per heavy atom. The molecule has 1 aromatic carbocycles. The molecule has 0 aromatic heterocycles. The average Bonchev–Trinajstić information content (AvgIpc) is 2.86. The van der Waals surface area contributed by atoms with E-state index in [9.17, 15) is 14.9 Å². The summed E-state index contributed by atoms with van der Waals surface area (Å²) in [6.07, 6.45) is 1.38. The zero-order valence-corrected chi connectivity index (χ0v) is 12.4. The molecule has 0 spiro atoms. The first kappa shape index (κ1) is 16.1. The molecule has 0 saturated carbocycles. The van der Waals surface area contributed by atoms with Crippen LogP contribution >= 0.6 is 0 Å². The van der Waals surface area contributed by atoms with E-state index < -0.39 is 10.7 Å². The van der Waals surface area contributed by atoms with Crippen LogP contribution in [0.25, 0.3) is 0 Å². The van der Waals surface area contributed by atoms with E-state index in [1.54, 1.807) is 26.0 Å². The number of benzene rings is 1. The number of hydrogen-bond donors (Lipinski definition) is 1. The molecule has 1 N–H and O–H groups in total. The normalized spacial score (nSPS) is 16.8. The number of rotatable bonds is 5. The number of nitro benzene ring substituents is 1. The van der Waals surface area contributed by atoms with E-state index in [4.69, 9.17) is 9.47 Å². The molecule has 2 rings (SSSR count). The van der Waals surface area contributed by atoms with Gasteiger partial charge in [0.15, 0.2) is 5.79 Å². The van der Waals surface area contributed by atoms with Crippen LogP contribution in [0.15, 0.2) is 23.3 Å². The third kappa shape index (κ3) is 4.09. The first-order chi connectivity index (χ1) is 10.4. The van der Waals surface area contributed by atoms with E-state index >= 15 is 0 Å². The van der Waals surface area contributed by atoms with Crippen molar-refractivity contribution in [3.8, 4) is 0 Å². The van der Waals surface area contributed by atoms with Crippen molar-refractivity contribution >= 4 is 17.8 Å². The number of carbonyl (C=O) groups excluding carboxylic acids is 1. The zero-order chi connectivity index (χ0) is 16.2. The Morgan fingerprint density at radius 2 is 2.18 bits per heavy atom. The smallest absolute Gasteiger partial charge is 0.272 e. The van der Waals surface area contributed by atoms with Gasteiger partial charge in [0.25, 0.3) is 5.69 Å². The van der Waals surface area contributed by atoms with E-state index in [0.717, 1.165) is 0 Å². The van der Waals surface area contributed by atoms with Crippen molar-refractivity contribution in [1.82, 2.24) is 5.43 Å². The fourth-order valence-corrected chi connectivity index (χ4v) is 2.07. The summed E-state index contributed by atoms with van der Waals surface area (Å²) in [5.74, 6) is -1.27. The molecule has 0 aliphatic carbocycles. The molecule has 8 heteroatoms. The van der Waals surface area contributed by atoms with Crippen molar-refractivity contribution < 1.29 is 19.2 Å². The number of nitrogens with one attached hydrogen (secondary N) is 1. The van der Waals surface area contributed by atoms with Crippen LogP contribution in [0.4, 0.5) is 5.69 Å². The molecule has 118 valence electrons. The van der Waals surface area contributed by atoms with Crippen molar-refractivity contribution in [1.29, 1.82) is 0 Å². The van der Waals surface area contributed by atoms with Crippen molar-refractivity contribution in [3.63, 3.8) is 0 Å². The van der Waals surface area contributed by atoms with Gasteiger partial charge in [-0.3, -0.25) is 14.9 Å². The summed E-state index contributed by atoms with van der Waals surface area (Å²) in [7, 11) is 0. The zero-order valence-electron chi connectivity index (χ0n) is 12.4. The fraction of sp³-hybridized carbons (Fsp3) is 0.429. The highest BCUT2D eigenvalue weighted by Crippen LogP contribution is 2.22. The number of carbonyl (C=O) groups is 1. The van der Waals surface area contributed by atoms with E-state index in [1.807, 2.05) is 0 Å². The first-order valence-corrected chi connectivity index (χ1v) is 6.74. The van der Waals surface area contributed by atoms with Crippen LogP contribution < -0.4 is 5.43 Å². The Balaban J connectivity index is 1.93. The molecule has 1 aliphatic heterocycles. The number of nitro groups is 1. The summed E-state index contributed by atoms with van der Waals surface area (Å²) in [4.78, 5) is 22.1. The average molecular weight is 307 g/mol. The van der Waals surface area contributed by atoms with Gasteiger partial charge in [-0.15, -0.1) is 0 Å². The highest BCUT2D eigenvalue weighted by atomic mass is 16.7. The van der Waals surface area contributed by atoms with Gasteiger partial charge in [-0.25, -0.2) is 5.43 Å². The van der Waals surface area contributed by atoms with Crippen molar-refractivity contribution in [3.05, 3.63) is 39.4 Å². The van der Waals surface area contributed by atoms with Gasteiger partial charge in [0.1, 0.15) is 0 Å². The minimum Gasteiger partial charge on any atom is -0.347 e. The van der Waals surface area contributed by atoms with Gasteiger partial charge in [-0.1, -0.05) is 12.1 Å². The number of ether oxygens (including phenoxy) is 2. The molecule has 1 aliphatic rings. The van der Waals surface area contributed by atoms with Gasteiger partial charge >= 0.3 is 0 Å². The summed E-state index contributed by atoms with van der Waals surface area (Å²) < 4.78 is 10.6. The van der Waals surface area contributed by atoms with Crippen LogP contribution in [0.1, 0.15) is 24.5 Å². The van der Waals surface area contributed by atoms with Crippen LogP contribution in [-0.4, -0.2) is 36.0 Å². The summed E-state index contributed by atoms with van der Waals surface area (Å²) >= 11 is 0. The molecule has 1 fully saturated rings. The molecule has 1 amide bonds. The van der Waals surface area contributed by atoms with Crippen molar-refractivity contribution in [2.75, 3.05) is 13.2 Å². The van der Waals surface area contributed by atoms with E-state index in [-0.39, 0.29) is 18.0 Å². The lowest BCUT2D eigenvalue weighted by Crippen LogP contribution is -2.33. The number of hydrazone groups is 1. The van der Waals surface area contributed by atoms with E-state index in [0.29, 0.717) is 24.3 Å². The summed E-state index contributed by atoms with van der Waals surface area (Å²) in [5.41, 5.74) is 3.45. The summed E-state index contributed by atoms with van der Waals surface area (Å²) in [5, 5.41) is 14.6. The maximum Gasteiger partial charge on any atom is 0.272 e. The van der Waals surface area contributed by atoms with Gasteiger partial charge in [-0.2, -0.15) is 5.10 Å². The third-order valence-electron chi connectivity index (χ3n) is 3.21. The Bertz CT molecular complexity index is 608. The molecule has 0 radical (unpaired) electrons. The fourth-order valence-electron chi connectivity index (χ4n) is 2.07. The Hall–Kier alpha value is -2.32. The monoisotopic (exact) mass is 307 g/mol. The van der Waals surface area contributed by atoms with Gasteiger partial charge < -0.3 is 9.47 Å². The quantitative estimate of drug-likeness (QED) is 0.504. The second-order valence-electron chi connectivity index (χ2n) is 5.10. The van der Waals surface area contributed by atoms with E-state index in [2.05, 4.69) is 10.5 Å². The number of amides is 1. The molecule has 0 atom stereocenters. The SMILES string of the molecule is Cc1ccc(/C=N\NC(=O)CC2(C)OCCO2)cc1[N+](=O)[O-].